The molecule has 0 fully saturated rings. The van der Waals surface area contributed by atoms with Gasteiger partial charge in [0, 0.05) is 5.69 Å². The van der Waals surface area contributed by atoms with Gasteiger partial charge in [0.1, 0.15) is 0 Å². The lowest BCUT2D eigenvalue weighted by atomic mass is 10.0. The van der Waals surface area contributed by atoms with Crippen LogP contribution in [0.3, 0.4) is 0 Å². The predicted molar refractivity (Wildman–Crippen MR) is 110 cm³/mol. The minimum atomic E-state index is -0.227. The summed E-state index contributed by atoms with van der Waals surface area (Å²) in [6, 6.07) is 21.6. The molecule has 4 nitrogen and oxygen atoms in total. The monoisotopic (exact) mass is 360 g/mol. The number of anilines is 1. The minimum absolute atomic E-state index is 0.0456. The topological polar surface area (TPSA) is 58.2 Å². The van der Waals surface area contributed by atoms with Crippen LogP contribution in [0.25, 0.3) is 10.8 Å². The fraction of sp³-hybridized carbons (Fsp3) is 0.217. The van der Waals surface area contributed by atoms with Crippen LogP contribution in [-0.2, 0) is 16.0 Å². The Kier molecular flexibility index (Phi) is 5.87. The normalized spacial score (nSPS) is 10.8. The summed E-state index contributed by atoms with van der Waals surface area (Å²) in [6.07, 6.45) is 0.247. The third kappa shape index (κ3) is 4.73. The Morgan fingerprint density at radius 2 is 1.56 bits per heavy atom. The number of hydrogen-bond acceptors (Lipinski definition) is 2. The molecule has 0 saturated carbocycles. The van der Waals surface area contributed by atoms with Crippen molar-refractivity contribution >= 4 is 28.3 Å². The summed E-state index contributed by atoms with van der Waals surface area (Å²) in [5.74, 6) is -0.0875. The molecule has 3 rings (SSSR count). The summed E-state index contributed by atoms with van der Waals surface area (Å²) < 4.78 is 0. The summed E-state index contributed by atoms with van der Waals surface area (Å²) in [7, 11) is 0. The number of nitrogens with one attached hydrogen (secondary N) is 2. The van der Waals surface area contributed by atoms with Gasteiger partial charge in [-0.2, -0.15) is 0 Å². The van der Waals surface area contributed by atoms with Crippen molar-refractivity contribution in [3.63, 3.8) is 0 Å². The van der Waals surface area contributed by atoms with Gasteiger partial charge in [-0.05, 0) is 33.9 Å². The Labute approximate surface area is 159 Å². The molecule has 2 N–H and O–H groups in total. The van der Waals surface area contributed by atoms with Gasteiger partial charge in [0.15, 0.2) is 0 Å². The van der Waals surface area contributed by atoms with Crippen LogP contribution >= 0.6 is 0 Å². The van der Waals surface area contributed by atoms with Crippen LogP contribution in [0.5, 0.6) is 0 Å². The van der Waals surface area contributed by atoms with Gasteiger partial charge >= 0.3 is 0 Å². The zero-order valence-corrected chi connectivity index (χ0v) is 15.7. The van der Waals surface area contributed by atoms with Crippen LogP contribution in [0.2, 0.25) is 0 Å². The van der Waals surface area contributed by atoms with Crippen molar-refractivity contribution in [1.29, 1.82) is 0 Å². The van der Waals surface area contributed by atoms with E-state index >= 15 is 0 Å². The van der Waals surface area contributed by atoms with E-state index in [2.05, 4.69) is 24.5 Å². The highest BCUT2D eigenvalue weighted by Gasteiger charge is 2.11. The zero-order valence-electron chi connectivity index (χ0n) is 15.7. The van der Waals surface area contributed by atoms with Crippen molar-refractivity contribution in [3.8, 4) is 0 Å². The van der Waals surface area contributed by atoms with Gasteiger partial charge in [-0.1, -0.05) is 74.5 Å². The van der Waals surface area contributed by atoms with Crippen molar-refractivity contribution < 1.29 is 9.59 Å². The van der Waals surface area contributed by atoms with E-state index in [-0.39, 0.29) is 24.8 Å². The molecule has 0 unspecified atom stereocenters. The number of rotatable bonds is 6. The van der Waals surface area contributed by atoms with Crippen LogP contribution < -0.4 is 10.6 Å². The van der Waals surface area contributed by atoms with Crippen molar-refractivity contribution in [2.75, 3.05) is 11.9 Å². The number of amides is 2. The van der Waals surface area contributed by atoms with Crippen LogP contribution in [0.4, 0.5) is 5.69 Å². The molecule has 0 aliphatic carbocycles. The Morgan fingerprint density at radius 1 is 0.852 bits per heavy atom. The molecule has 4 heteroatoms. The van der Waals surface area contributed by atoms with E-state index in [1.807, 2.05) is 66.7 Å². The first-order valence-electron chi connectivity index (χ1n) is 9.16. The molecule has 0 aliphatic heterocycles. The third-order valence-electron chi connectivity index (χ3n) is 4.53. The molecule has 27 heavy (non-hydrogen) atoms. The lowest BCUT2D eigenvalue weighted by Crippen LogP contribution is -2.34. The summed E-state index contributed by atoms with van der Waals surface area (Å²) in [5.41, 5.74) is 2.82. The fourth-order valence-electron chi connectivity index (χ4n) is 3.17. The molecule has 0 bridgehead atoms. The SMILES string of the molecule is CC(C)c1ccccc1NC(=O)CNC(=O)Cc1cccc2ccccc12. The Morgan fingerprint density at radius 3 is 2.37 bits per heavy atom. The van der Waals surface area contributed by atoms with Crippen LogP contribution in [0.15, 0.2) is 66.7 Å². The number of para-hydroxylation sites is 1. The molecular formula is C23H24N2O2. The number of carbonyl (C=O) groups is 2. The maximum atomic E-state index is 12.3. The molecule has 0 aliphatic rings. The predicted octanol–water partition coefficient (Wildman–Crippen LogP) is 4.26. The van der Waals surface area contributed by atoms with Gasteiger partial charge in [0.05, 0.1) is 13.0 Å². The van der Waals surface area contributed by atoms with Gasteiger partial charge < -0.3 is 10.6 Å². The fourth-order valence-corrected chi connectivity index (χ4v) is 3.17. The largest absolute Gasteiger partial charge is 0.347 e. The van der Waals surface area contributed by atoms with Crippen LogP contribution in [0, 0.1) is 0 Å². The first-order chi connectivity index (χ1) is 13.0. The molecular weight excluding hydrogens is 336 g/mol. The highest BCUT2D eigenvalue weighted by Crippen LogP contribution is 2.23. The lowest BCUT2D eigenvalue weighted by Gasteiger charge is -2.14. The van der Waals surface area contributed by atoms with E-state index in [9.17, 15) is 9.59 Å². The van der Waals surface area contributed by atoms with Gasteiger partial charge in [-0.3, -0.25) is 9.59 Å². The molecule has 138 valence electrons. The average molecular weight is 360 g/mol. The second-order valence-corrected chi connectivity index (χ2v) is 6.88. The number of benzene rings is 3. The Bertz CT molecular complexity index is 958. The Hall–Kier alpha value is -3.14. The number of carbonyl (C=O) groups excluding carboxylic acids is 2. The molecule has 2 amide bonds. The number of hydrogen-bond donors (Lipinski definition) is 2. The minimum Gasteiger partial charge on any atom is -0.347 e. The van der Waals surface area contributed by atoms with Gasteiger partial charge in [-0.15, -0.1) is 0 Å². The molecule has 0 heterocycles. The summed E-state index contributed by atoms with van der Waals surface area (Å²) >= 11 is 0. The molecule has 0 atom stereocenters. The maximum Gasteiger partial charge on any atom is 0.243 e. The molecule has 0 saturated heterocycles. The lowest BCUT2D eigenvalue weighted by molar-refractivity contribution is -0.123. The first kappa shape index (κ1) is 18.6. The maximum absolute atomic E-state index is 12.3. The summed E-state index contributed by atoms with van der Waals surface area (Å²) in [6.45, 7) is 4.12. The summed E-state index contributed by atoms with van der Waals surface area (Å²) in [4.78, 5) is 24.5. The summed E-state index contributed by atoms with van der Waals surface area (Å²) in [5, 5.41) is 7.76. The van der Waals surface area contributed by atoms with Crippen molar-refractivity contribution in [1.82, 2.24) is 5.32 Å². The quantitative estimate of drug-likeness (QED) is 0.690. The van der Waals surface area contributed by atoms with E-state index in [0.29, 0.717) is 5.92 Å². The van der Waals surface area contributed by atoms with E-state index in [4.69, 9.17) is 0 Å². The highest BCUT2D eigenvalue weighted by atomic mass is 16.2. The van der Waals surface area contributed by atoms with E-state index < -0.39 is 0 Å². The average Bonchev–Trinajstić information content (AvgIpc) is 2.67. The standard InChI is InChI=1S/C23H24N2O2/c1-16(2)19-11-5-6-13-21(19)25-23(27)15-24-22(26)14-18-10-7-9-17-8-3-4-12-20(17)18/h3-13,16H,14-15H2,1-2H3,(H,24,26)(H,25,27). The smallest absolute Gasteiger partial charge is 0.243 e. The van der Waals surface area contributed by atoms with Crippen molar-refractivity contribution in [3.05, 3.63) is 77.9 Å². The number of fused-ring (bicyclic) bond motifs is 1. The second kappa shape index (κ2) is 8.49. The third-order valence-corrected chi connectivity index (χ3v) is 4.53. The van der Waals surface area contributed by atoms with Crippen LogP contribution in [-0.4, -0.2) is 18.4 Å². The molecule has 3 aromatic carbocycles. The van der Waals surface area contributed by atoms with E-state index in [1.165, 1.54) is 0 Å². The van der Waals surface area contributed by atoms with Crippen LogP contribution in [0.1, 0.15) is 30.9 Å². The van der Waals surface area contributed by atoms with Crippen molar-refractivity contribution in [2.24, 2.45) is 0 Å². The second-order valence-electron chi connectivity index (χ2n) is 6.88. The molecule has 0 radical (unpaired) electrons. The first-order valence-corrected chi connectivity index (χ1v) is 9.16. The zero-order chi connectivity index (χ0) is 19.2. The molecule has 0 spiro atoms. The molecule has 3 aromatic rings. The van der Waals surface area contributed by atoms with Gasteiger partial charge in [0.2, 0.25) is 11.8 Å². The van der Waals surface area contributed by atoms with Gasteiger partial charge in [-0.25, -0.2) is 0 Å². The Balaban J connectivity index is 1.58. The van der Waals surface area contributed by atoms with Gasteiger partial charge in [0.25, 0.3) is 0 Å². The van der Waals surface area contributed by atoms with Crippen molar-refractivity contribution in [2.45, 2.75) is 26.2 Å². The van der Waals surface area contributed by atoms with E-state index in [1.54, 1.807) is 0 Å². The van der Waals surface area contributed by atoms with E-state index in [0.717, 1.165) is 27.6 Å². The highest BCUT2D eigenvalue weighted by molar-refractivity contribution is 5.96. The molecule has 0 aromatic heterocycles.